The lowest BCUT2D eigenvalue weighted by Gasteiger charge is -2.01. The molecule has 0 spiro atoms. The molecule has 0 fully saturated rings. The van der Waals surface area contributed by atoms with Crippen LogP contribution in [0.1, 0.15) is 0 Å². The number of rotatable bonds is 3. The fourth-order valence-corrected chi connectivity index (χ4v) is 1.02. The molecule has 2 aromatic rings. The number of aliphatic hydroxyl groups excluding tert-OH is 1. The summed E-state index contributed by atoms with van der Waals surface area (Å²) >= 11 is 0. The number of fused-ring (bicyclic) bond motifs is 1. The predicted octanol–water partition coefficient (Wildman–Crippen LogP) is -1.47. The van der Waals surface area contributed by atoms with Gasteiger partial charge in [-0.2, -0.15) is 9.25 Å². The molecule has 7 nitrogen and oxygen atoms in total. The van der Waals surface area contributed by atoms with Crippen molar-refractivity contribution in [2.45, 2.75) is 0 Å². The van der Waals surface area contributed by atoms with Crippen molar-refractivity contribution < 1.29 is 9.94 Å². The summed E-state index contributed by atoms with van der Waals surface area (Å²) in [4.78, 5) is 8.95. The van der Waals surface area contributed by atoms with Crippen molar-refractivity contribution in [1.29, 1.82) is 0 Å². The van der Waals surface area contributed by atoms with Gasteiger partial charge in [-0.1, -0.05) is 0 Å². The van der Waals surface area contributed by atoms with Gasteiger partial charge >= 0.3 is 0 Å². The Bertz CT molecular complexity index is 406. The molecule has 2 aromatic heterocycles. The van der Waals surface area contributed by atoms with Gasteiger partial charge in [-0.25, -0.2) is 4.98 Å². The monoisotopic (exact) mass is 183 g/mol. The topological polar surface area (TPSA) is 90.6 Å². The van der Waals surface area contributed by atoms with Crippen LogP contribution in [0.4, 0.5) is 5.95 Å². The standard InChI is InChI=1S/C6H9N5O2/c7-6-8-3-5-10(13-2-1-12)4-9-11(5)6/h3-4,12H,1-2H2,(H2,7,8). The first-order valence-electron chi connectivity index (χ1n) is 3.73. The van der Waals surface area contributed by atoms with Crippen molar-refractivity contribution in [2.24, 2.45) is 0 Å². The minimum atomic E-state index is -0.0477. The molecule has 0 saturated heterocycles. The lowest BCUT2D eigenvalue weighted by atomic mass is 10.8. The average Bonchev–Trinajstić information content (AvgIpc) is 2.67. The molecule has 0 aliphatic heterocycles. The van der Waals surface area contributed by atoms with E-state index >= 15 is 0 Å². The predicted molar refractivity (Wildman–Crippen MR) is 43.9 cm³/mol. The first-order valence-corrected chi connectivity index (χ1v) is 3.73. The molecule has 0 saturated carbocycles. The minimum Gasteiger partial charge on any atom is -0.408 e. The number of imidazole rings is 1. The zero-order valence-electron chi connectivity index (χ0n) is 6.79. The SMILES string of the molecule is Nc1ncc2n(OCCO)cnn12. The third-order valence-corrected chi connectivity index (χ3v) is 1.57. The van der Waals surface area contributed by atoms with Gasteiger partial charge in [-0.05, 0) is 0 Å². The van der Waals surface area contributed by atoms with E-state index in [-0.39, 0.29) is 13.2 Å². The maximum Gasteiger partial charge on any atom is 0.223 e. The van der Waals surface area contributed by atoms with Crippen LogP contribution in [0.25, 0.3) is 5.65 Å². The molecule has 2 heterocycles. The van der Waals surface area contributed by atoms with E-state index in [1.54, 1.807) is 6.20 Å². The summed E-state index contributed by atoms with van der Waals surface area (Å²) in [5.74, 6) is 0.307. The summed E-state index contributed by atoms with van der Waals surface area (Å²) in [7, 11) is 0. The molecule has 0 atom stereocenters. The van der Waals surface area contributed by atoms with E-state index in [0.717, 1.165) is 0 Å². The summed E-state index contributed by atoms with van der Waals surface area (Å²) in [5.41, 5.74) is 6.12. The molecule has 0 aliphatic carbocycles. The van der Waals surface area contributed by atoms with Gasteiger partial charge in [0.05, 0.1) is 12.8 Å². The van der Waals surface area contributed by atoms with E-state index in [2.05, 4.69) is 10.1 Å². The number of hydrogen-bond donors (Lipinski definition) is 2. The Labute approximate surface area is 73.3 Å². The molecule has 70 valence electrons. The third kappa shape index (κ3) is 1.18. The van der Waals surface area contributed by atoms with Crippen molar-refractivity contribution in [3.8, 4) is 0 Å². The van der Waals surface area contributed by atoms with Crippen LogP contribution in [0.15, 0.2) is 12.5 Å². The summed E-state index contributed by atoms with van der Waals surface area (Å²) < 4.78 is 2.84. The lowest BCUT2D eigenvalue weighted by Crippen LogP contribution is -2.14. The maximum absolute atomic E-state index is 8.54. The van der Waals surface area contributed by atoms with Crippen molar-refractivity contribution >= 4 is 11.6 Å². The van der Waals surface area contributed by atoms with Gasteiger partial charge in [0, 0.05) is 0 Å². The third-order valence-electron chi connectivity index (χ3n) is 1.57. The Morgan fingerprint density at radius 2 is 2.46 bits per heavy atom. The molecule has 2 rings (SSSR count). The Morgan fingerprint density at radius 1 is 1.62 bits per heavy atom. The molecular weight excluding hydrogens is 174 g/mol. The van der Waals surface area contributed by atoms with Crippen molar-refractivity contribution in [3.63, 3.8) is 0 Å². The first kappa shape index (κ1) is 7.87. The van der Waals surface area contributed by atoms with Crippen LogP contribution in [0.5, 0.6) is 0 Å². The van der Waals surface area contributed by atoms with Crippen LogP contribution >= 0.6 is 0 Å². The molecule has 0 aromatic carbocycles. The number of nitrogens with zero attached hydrogens (tertiary/aromatic N) is 4. The fraction of sp³-hybridized carbons (Fsp3) is 0.333. The van der Waals surface area contributed by atoms with Crippen LogP contribution in [-0.4, -0.2) is 37.6 Å². The van der Waals surface area contributed by atoms with Gasteiger partial charge in [-0.3, -0.25) is 0 Å². The summed E-state index contributed by atoms with van der Waals surface area (Å²) in [6.45, 7) is 0.158. The fourth-order valence-electron chi connectivity index (χ4n) is 1.02. The molecular formula is C6H9N5O2. The summed E-state index contributed by atoms with van der Waals surface area (Å²) in [6, 6.07) is 0. The summed E-state index contributed by atoms with van der Waals surface area (Å²) in [6.07, 6.45) is 3.00. The lowest BCUT2D eigenvalue weighted by molar-refractivity contribution is 0.0818. The van der Waals surface area contributed by atoms with Gasteiger partial charge in [0.1, 0.15) is 6.61 Å². The van der Waals surface area contributed by atoms with E-state index in [1.165, 1.54) is 15.6 Å². The van der Waals surface area contributed by atoms with E-state index in [9.17, 15) is 0 Å². The van der Waals surface area contributed by atoms with Gasteiger partial charge < -0.3 is 15.7 Å². The van der Waals surface area contributed by atoms with Gasteiger partial charge in [-0.15, -0.1) is 5.10 Å². The highest BCUT2D eigenvalue weighted by molar-refractivity contribution is 5.42. The van der Waals surface area contributed by atoms with E-state index in [4.69, 9.17) is 15.7 Å². The van der Waals surface area contributed by atoms with Crippen LogP contribution in [-0.2, 0) is 0 Å². The minimum absolute atomic E-state index is 0.0477. The number of anilines is 1. The normalized spacial score (nSPS) is 10.8. The largest absolute Gasteiger partial charge is 0.408 e. The zero-order chi connectivity index (χ0) is 9.26. The van der Waals surface area contributed by atoms with Crippen molar-refractivity contribution in [3.05, 3.63) is 12.5 Å². The number of aromatic nitrogens is 4. The second-order valence-corrected chi connectivity index (χ2v) is 2.40. The highest BCUT2D eigenvalue weighted by atomic mass is 16.7. The van der Waals surface area contributed by atoms with Crippen LogP contribution in [0.3, 0.4) is 0 Å². The second-order valence-electron chi connectivity index (χ2n) is 2.40. The van der Waals surface area contributed by atoms with E-state index in [1.807, 2.05) is 0 Å². The van der Waals surface area contributed by atoms with Gasteiger partial charge in [0.2, 0.25) is 5.95 Å². The molecule has 0 unspecified atom stereocenters. The van der Waals surface area contributed by atoms with Crippen molar-refractivity contribution in [2.75, 3.05) is 18.9 Å². The number of nitrogens with two attached hydrogens (primary N) is 1. The molecule has 13 heavy (non-hydrogen) atoms. The number of hydrogen-bond acceptors (Lipinski definition) is 5. The van der Waals surface area contributed by atoms with E-state index in [0.29, 0.717) is 11.6 Å². The molecule has 7 heteroatoms. The molecule has 0 radical (unpaired) electrons. The Kier molecular flexibility index (Phi) is 1.78. The van der Waals surface area contributed by atoms with E-state index < -0.39 is 0 Å². The van der Waals surface area contributed by atoms with Crippen LogP contribution in [0, 0.1) is 0 Å². The molecule has 0 bridgehead atoms. The first-order chi connectivity index (χ1) is 6.33. The van der Waals surface area contributed by atoms with Crippen LogP contribution in [0.2, 0.25) is 0 Å². The average molecular weight is 183 g/mol. The summed E-state index contributed by atoms with van der Waals surface area (Å²) in [5, 5.41) is 12.5. The number of aliphatic hydroxyl groups is 1. The molecule has 0 aliphatic rings. The second kappa shape index (κ2) is 2.94. The number of nitrogen functional groups attached to an aromatic ring is 1. The smallest absolute Gasteiger partial charge is 0.223 e. The highest BCUT2D eigenvalue weighted by Gasteiger charge is 2.06. The quantitative estimate of drug-likeness (QED) is 0.606. The Hall–Kier alpha value is -1.76. The zero-order valence-corrected chi connectivity index (χ0v) is 6.79. The maximum atomic E-state index is 8.54. The Morgan fingerprint density at radius 3 is 3.23 bits per heavy atom. The molecule has 3 N–H and O–H groups in total. The van der Waals surface area contributed by atoms with Gasteiger partial charge in [0.15, 0.2) is 12.0 Å². The van der Waals surface area contributed by atoms with Gasteiger partial charge in [0.25, 0.3) is 0 Å². The van der Waals surface area contributed by atoms with Crippen molar-refractivity contribution in [1.82, 2.24) is 19.3 Å². The molecule has 0 amide bonds. The highest BCUT2D eigenvalue weighted by Crippen LogP contribution is 2.04. The van der Waals surface area contributed by atoms with Crippen LogP contribution < -0.4 is 10.6 Å². The Balaban J connectivity index is 2.35.